The molecule has 0 aliphatic carbocycles. The lowest BCUT2D eigenvalue weighted by Crippen LogP contribution is -2.31. The van der Waals surface area contributed by atoms with Crippen LogP contribution in [0.1, 0.15) is 29.9 Å². The maximum atomic E-state index is 12.5. The van der Waals surface area contributed by atoms with E-state index in [4.69, 9.17) is 0 Å². The summed E-state index contributed by atoms with van der Waals surface area (Å²) in [5, 5.41) is 6.18. The molecule has 1 amide bonds. The fraction of sp³-hybridized carbons (Fsp3) is 0.190. The molecule has 26 heavy (non-hydrogen) atoms. The Bertz CT molecular complexity index is 907. The summed E-state index contributed by atoms with van der Waals surface area (Å²) in [5.41, 5.74) is 3.24. The van der Waals surface area contributed by atoms with Crippen molar-refractivity contribution in [3.63, 3.8) is 0 Å². The topological polar surface area (TPSA) is 66.9 Å². The number of carbonyl (C=O) groups excluding carboxylic acids is 1. The molecule has 0 radical (unpaired) electrons. The number of aromatic nitrogens is 2. The van der Waals surface area contributed by atoms with Gasteiger partial charge in [0.15, 0.2) is 5.82 Å². The Labute approximate surface area is 153 Å². The molecule has 0 bridgehead atoms. The molecule has 5 heteroatoms. The Kier molecular flexibility index (Phi) is 5.27. The van der Waals surface area contributed by atoms with E-state index in [1.165, 1.54) is 0 Å². The third kappa shape index (κ3) is 4.25. The van der Waals surface area contributed by atoms with Gasteiger partial charge in [0.1, 0.15) is 11.5 Å². The summed E-state index contributed by atoms with van der Waals surface area (Å²) < 4.78 is 0. The number of rotatable bonds is 5. The molecule has 0 saturated carbocycles. The van der Waals surface area contributed by atoms with Crippen LogP contribution < -0.4 is 10.6 Å². The van der Waals surface area contributed by atoms with Crippen LogP contribution in [0.4, 0.5) is 11.5 Å². The molecule has 3 rings (SSSR count). The van der Waals surface area contributed by atoms with Gasteiger partial charge in [-0.25, -0.2) is 9.97 Å². The first-order valence-electron chi connectivity index (χ1n) is 8.61. The van der Waals surface area contributed by atoms with E-state index in [0.29, 0.717) is 17.3 Å². The van der Waals surface area contributed by atoms with Gasteiger partial charge in [0.2, 0.25) is 0 Å². The molecule has 2 aromatic carbocycles. The first kappa shape index (κ1) is 17.6. The predicted molar refractivity (Wildman–Crippen MR) is 105 cm³/mol. The van der Waals surface area contributed by atoms with Crippen molar-refractivity contribution in [1.29, 1.82) is 0 Å². The molecule has 1 heterocycles. The summed E-state index contributed by atoms with van der Waals surface area (Å²) >= 11 is 0. The Morgan fingerprint density at radius 3 is 2.35 bits per heavy atom. The highest BCUT2D eigenvalue weighted by atomic mass is 16.1. The summed E-state index contributed by atoms with van der Waals surface area (Å²) in [6.45, 7) is 5.86. The lowest BCUT2D eigenvalue weighted by atomic mass is 10.2. The number of carbonyl (C=O) groups is 1. The smallest absolute Gasteiger partial charge is 0.270 e. The maximum absolute atomic E-state index is 12.5. The van der Waals surface area contributed by atoms with Crippen LogP contribution in [0, 0.1) is 6.92 Å². The third-order valence-electron chi connectivity index (χ3n) is 3.82. The minimum atomic E-state index is -0.215. The molecule has 1 aromatic heterocycles. The van der Waals surface area contributed by atoms with Gasteiger partial charge in [0.05, 0.1) is 0 Å². The molecule has 132 valence electrons. The van der Waals surface area contributed by atoms with Crippen molar-refractivity contribution in [1.82, 2.24) is 15.3 Å². The SMILES string of the molecule is Cc1ccccc1Nc1cc(C(=O)NC(C)C)nc(-c2ccccc2)n1. The van der Waals surface area contributed by atoms with Gasteiger partial charge in [-0.2, -0.15) is 0 Å². The molecular weight excluding hydrogens is 324 g/mol. The largest absolute Gasteiger partial charge is 0.349 e. The minimum absolute atomic E-state index is 0.0328. The molecule has 0 atom stereocenters. The number of nitrogens with one attached hydrogen (secondary N) is 2. The zero-order valence-corrected chi connectivity index (χ0v) is 15.2. The highest BCUT2D eigenvalue weighted by molar-refractivity contribution is 5.93. The number of anilines is 2. The van der Waals surface area contributed by atoms with E-state index in [2.05, 4.69) is 20.6 Å². The lowest BCUT2D eigenvalue weighted by molar-refractivity contribution is 0.0938. The molecular formula is C21H22N4O. The van der Waals surface area contributed by atoms with Gasteiger partial charge in [-0.15, -0.1) is 0 Å². The van der Waals surface area contributed by atoms with E-state index >= 15 is 0 Å². The van der Waals surface area contributed by atoms with E-state index in [9.17, 15) is 4.79 Å². The Morgan fingerprint density at radius 1 is 0.962 bits per heavy atom. The van der Waals surface area contributed by atoms with Crippen LogP contribution in [0.3, 0.4) is 0 Å². The molecule has 0 aliphatic heterocycles. The number of nitrogens with zero attached hydrogens (tertiary/aromatic N) is 2. The summed E-state index contributed by atoms with van der Waals surface area (Å²) in [7, 11) is 0. The standard InChI is InChI=1S/C21H22N4O/c1-14(2)22-21(26)18-13-19(23-17-12-8-7-9-15(17)3)25-20(24-18)16-10-5-4-6-11-16/h4-14H,1-3H3,(H,22,26)(H,23,24,25). The number of amides is 1. The van der Waals surface area contributed by atoms with Crippen LogP contribution in [-0.2, 0) is 0 Å². The van der Waals surface area contributed by atoms with Crippen LogP contribution in [0.15, 0.2) is 60.7 Å². The Hall–Kier alpha value is -3.21. The van der Waals surface area contributed by atoms with Crippen LogP contribution in [0.2, 0.25) is 0 Å². The van der Waals surface area contributed by atoms with Gasteiger partial charge in [0, 0.05) is 23.4 Å². The molecule has 2 N–H and O–H groups in total. The van der Waals surface area contributed by atoms with Crippen LogP contribution >= 0.6 is 0 Å². The average molecular weight is 346 g/mol. The van der Waals surface area contributed by atoms with E-state index in [1.807, 2.05) is 75.4 Å². The van der Waals surface area contributed by atoms with Crippen molar-refractivity contribution < 1.29 is 4.79 Å². The highest BCUT2D eigenvalue weighted by Crippen LogP contribution is 2.22. The summed E-state index contributed by atoms with van der Waals surface area (Å²) in [4.78, 5) is 21.5. The lowest BCUT2D eigenvalue weighted by Gasteiger charge is -2.13. The molecule has 0 fully saturated rings. The molecule has 3 aromatic rings. The Balaban J connectivity index is 2.03. The van der Waals surface area contributed by atoms with Crippen molar-refractivity contribution in [3.05, 3.63) is 71.9 Å². The molecule has 5 nitrogen and oxygen atoms in total. The van der Waals surface area contributed by atoms with Crippen LogP contribution in [0.5, 0.6) is 0 Å². The molecule has 0 spiro atoms. The predicted octanol–water partition coefficient (Wildman–Crippen LogP) is 4.33. The van der Waals surface area contributed by atoms with Crippen molar-refractivity contribution in [2.45, 2.75) is 26.8 Å². The van der Waals surface area contributed by atoms with Crippen molar-refractivity contribution in [2.24, 2.45) is 0 Å². The number of hydrogen-bond acceptors (Lipinski definition) is 4. The van der Waals surface area contributed by atoms with Crippen LogP contribution in [-0.4, -0.2) is 21.9 Å². The van der Waals surface area contributed by atoms with Crippen LogP contribution in [0.25, 0.3) is 11.4 Å². The minimum Gasteiger partial charge on any atom is -0.349 e. The van der Waals surface area contributed by atoms with Gasteiger partial charge in [-0.05, 0) is 32.4 Å². The van der Waals surface area contributed by atoms with Crippen molar-refractivity contribution >= 4 is 17.4 Å². The van der Waals surface area contributed by atoms with Crippen molar-refractivity contribution in [3.8, 4) is 11.4 Å². The first-order valence-corrected chi connectivity index (χ1v) is 8.61. The average Bonchev–Trinajstić information content (AvgIpc) is 2.63. The zero-order valence-electron chi connectivity index (χ0n) is 15.2. The molecule has 0 saturated heterocycles. The van der Waals surface area contributed by atoms with Gasteiger partial charge < -0.3 is 10.6 Å². The summed E-state index contributed by atoms with van der Waals surface area (Å²) in [6, 6.07) is 19.3. The maximum Gasteiger partial charge on any atom is 0.270 e. The number of hydrogen-bond donors (Lipinski definition) is 2. The van der Waals surface area contributed by atoms with Gasteiger partial charge >= 0.3 is 0 Å². The van der Waals surface area contributed by atoms with Gasteiger partial charge in [-0.3, -0.25) is 4.79 Å². The number of para-hydroxylation sites is 1. The number of benzene rings is 2. The highest BCUT2D eigenvalue weighted by Gasteiger charge is 2.14. The normalized spacial score (nSPS) is 10.6. The third-order valence-corrected chi connectivity index (χ3v) is 3.82. The van der Waals surface area contributed by atoms with E-state index in [0.717, 1.165) is 16.8 Å². The second kappa shape index (κ2) is 7.78. The monoisotopic (exact) mass is 346 g/mol. The van der Waals surface area contributed by atoms with E-state index in [-0.39, 0.29) is 11.9 Å². The van der Waals surface area contributed by atoms with E-state index in [1.54, 1.807) is 6.07 Å². The quantitative estimate of drug-likeness (QED) is 0.721. The summed E-state index contributed by atoms with van der Waals surface area (Å²) in [5.74, 6) is 0.882. The zero-order chi connectivity index (χ0) is 18.5. The number of aryl methyl sites for hydroxylation is 1. The Morgan fingerprint density at radius 2 is 1.65 bits per heavy atom. The summed E-state index contributed by atoms with van der Waals surface area (Å²) in [6.07, 6.45) is 0. The van der Waals surface area contributed by atoms with E-state index < -0.39 is 0 Å². The fourth-order valence-corrected chi connectivity index (χ4v) is 2.53. The first-order chi connectivity index (χ1) is 12.5. The molecule has 0 aliphatic rings. The molecule has 0 unspecified atom stereocenters. The second-order valence-electron chi connectivity index (χ2n) is 6.40. The fourth-order valence-electron chi connectivity index (χ4n) is 2.53. The van der Waals surface area contributed by atoms with Gasteiger partial charge in [-0.1, -0.05) is 48.5 Å². The van der Waals surface area contributed by atoms with Crippen molar-refractivity contribution in [2.75, 3.05) is 5.32 Å². The second-order valence-corrected chi connectivity index (χ2v) is 6.40. The van der Waals surface area contributed by atoms with Gasteiger partial charge in [0.25, 0.3) is 5.91 Å².